The van der Waals surface area contributed by atoms with Crippen LogP contribution in [0.5, 0.6) is 0 Å². The van der Waals surface area contributed by atoms with E-state index >= 15 is 0 Å². The van der Waals surface area contributed by atoms with Crippen molar-refractivity contribution in [1.82, 2.24) is 9.55 Å². The molecule has 0 aliphatic rings. The minimum absolute atomic E-state index is 0.103. The summed E-state index contributed by atoms with van der Waals surface area (Å²) in [6, 6.07) is 6.03. The Morgan fingerprint density at radius 3 is 2.76 bits per heavy atom. The lowest BCUT2D eigenvalue weighted by atomic mass is 10.1. The van der Waals surface area contributed by atoms with E-state index in [1.54, 1.807) is 24.4 Å². The van der Waals surface area contributed by atoms with Crippen LogP contribution in [0.3, 0.4) is 0 Å². The molecule has 128 valence electrons. The Morgan fingerprint density at radius 2 is 2.12 bits per heavy atom. The summed E-state index contributed by atoms with van der Waals surface area (Å²) in [6.45, 7) is -0.156. The van der Waals surface area contributed by atoms with Gasteiger partial charge in [0.15, 0.2) is 5.82 Å². The zero-order valence-corrected chi connectivity index (χ0v) is 13.2. The standard InChI is InChI=1S/C17H14F2N4O2/c1-23-8-11(17(20)25)16(24)9-6-12(18)10(14(19)15(9)23)7-22-13-4-2-3-5-21-13/h2-6,8H,7H2,1H3,(H2,20,25)(H,21,22). The van der Waals surface area contributed by atoms with E-state index in [1.807, 2.05) is 0 Å². The maximum Gasteiger partial charge on any atom is 0.254 e. The van der Waals surface area contributed by atoms with Gasteiger partial charge in [-0.3, -0.25) is 9.59 Å². The van der Waals surface area contributed by atoms with Crippen LogP contribution in [0, 0.1) is 11.6 Å². The lowest BCUT2D eigenvalue weighted by Gasteiger charge is -2.13. The van der Waals surface area contributed by atoms with Crippen LogP contribution >= 0.6 is 0 Å². The average molecular weight is 344 g/mol. The molecule has 3 aromatic rings. The Morgan fingerprint density at radius 1 is 1.36 bits per heavy atom. The van der Waals surface area contributed by atoms with Gasteiger partial charge in [0, 0.05) is 31.5 Å². The number of halogens is 2. The number of nitrogens with two attached hydrogens (primary N) is 1. The number of nitrogens with zero attached hydrogens (tertiary/aromatic N) is 2. The van der Waals surface area contributed by atoms with Crippen LogP contribution in [-0.2, 0) is 13.6 Å². The lowest BCUT2D eigenvalue weighted by Crippen LogP contribution is -2.24. The fourth-order valence-electron chi connectivity index (χ4n) is 2.61. The first kappa shape index (κ1) is 16.6. The van der Waals surface area contributed by atoms with E-state index in [2.05, 4.69) is 10.3 Å². The molecule has 0 saturated heterocycles. The van der Waals surface area contributed by atoms with Gasteiger partial charge in [-0.25, -0.2) is 13.8 Å². The summed E-state index contributed by atoms with van der Waals surface area (Å²) >= 11 is 0. The number of nitrogens with one attached hydrogen (secondary N) is 1. The van der Waals surface area contributed by atoms with Crippen LogP contribution in [0.1, 0.15) is 15.9 Å². The van der Waals surface area contributed by atoms with Crippen LogP contribution in [0.4, 0.5) is 14.6 Å². The van der Waals surface area contributed by atoms with E-state index in [9.17, 15) is 18.4 Å². The van der Waals surface area contributed by atoms with Gasteiger partial charge in [-0.05, 0) is 18.2 Å². The van der Waals surface area contributed by atoms with Crippen molar-refractivity contribution in [2.24, 2.45) is 12.8 Å². The van der Waals surface area contributed by atoms with Crippen LogP contribution in [0.2, 0.25) is 0 Å². The Labute approximate surface area is 140 Å². The number of hydrogen-bond acceptors (Lipinski definition) is 4. The zero-order chi connectivity index (χ0) is 18.1. The molecule has 6 nitrogen and oxygen atoms in total. The van der Waals surface area contributed by atoms with Crippen LogP contribution in [0.25, 0.3) is 10.9 Å². The van der Waals surface area contributed by atoms with Crippen molar-refractivity contribution in [3.8, 4) is 0 Å². The highest BCUT2D eigenvalue weighted by Crippen LogP contribution is 2.23. The van der Waals surface area contributed by atoms with Crippen LogP contribution in [-0.4, -0.2) is 15.5 Å². The van der Waals surface area contributed by atoms with Gasteiger partial charge in [-0.1, -0.05) is 6.07 Å². The van der Waals surface area contributed by atoms with E-state index < -0.39 is 23.0 Å². The minimum Gasteiger partial charge on any atom is -0.366 e. The summed E-state index contributed by atoms with van der Waals surface area (Å²) in [5, 5.41) is 2.58. The van der Waals surface area contributed by atoms with Gasteiger partial charge in [0.2, 0.25) is 5.43 Å². The van der Waals surface area contributed by atoms with E-state index in [1.165, 1.54) is 11.6 Å². The summed E-state index contributed by atoms with van der Waals surface area (Å²) < 4.78 is 30.4. The molecule has 1 aromatic carbocycles. The van der Waals surface area contributed by atoms with Crippen molar-refractivity contribution in [3.05, 3.63) is 69.6 Å². The predicted octanol–water partition coefficient (Wildman–Crippen LogP) is 1.92. The number of aryl methyl sites for hydroxylation is 1. The molecule has 1 amide bonds. The molecule has 3 rings (SSSR count). The van der Waals surface area contributed by atoms with E-state index in [0.717, 1.165) is 12.3 Å². The molecule has 3 N–H and O–H groups in total. The summed E-state index contributed by atoms with van der Waals surface area (Å²) in [5.41, 5.74) is 3.67. The molecule has 0 atom stereocenters. The molecule has 0 radical (unpaired) electrons. The van der Waals surface area contributed by atoms with Crippen LogP contribution < -0.4 is 16.5 Å². The van der Waals surface area contributed by atoms with Gasteiger partial charge in [-0.2, -0.15) is 0 Å². The Bertz CT molecular complexity index is 1030. The first-order chi connectivity index (χ1) is 11.9. The first-order valence-corrected chi connectivity index (χ1v) is 7.35. The second kappa shape index (κ2) is 6.31. The number of benzene rings is 1. The Hall–Kier alpha value is -3.29. The number of carbonyl (C=O) groups excluding carboxylic acids is 1. The van der Waals surface area contributed by atoms with Crippen molar-refractivity contribution < 1.29 is 13.6 Å². The molecular formula is C17H14F2N4O2. The maximum absolute atomic E-state index is 14.8. The number of hydrogen-bond donors (Lipinski definition) is 2. The highest BCUT2D eigenvalue weighted by molar-refractivity contribution is 5.96. The van der Waals surface area contributed by atoms with Gasteiger partial charge in [0.25, 0.3) is 5.91 Å². The molecule has 0 spiro atoms. The highest BCUT2D eigenvalue weighted by atomic mass is 19.1. The Kier molecular flexibility index (Phi) is 4.18. The van der Waals surface area contributed by atoms with E-state index in [-0.39, 0.29) is 28.6 Å². The summed E-state index contributed by atoms with van der Waals surface area (Å²) in [4.78, 5) is 27.6. The number of primary amides is 1. The minimum atomic E-state index is -0.954. The third-order valence-electron chi connectivity index (χ3n) is 3.83. The molecule has 0 aliphatic carbocycles. The van der Waals surface area contributed by atoms with Crippen molar-refractivity contribution in [3.63, 3.8) is 0 Å². The number of aromatic nitrogens is 2. The first-order valence-electron chi connectivity index (χ1n) is 7.35. The molecular weight excluding hydrogens is 330 g/mol. The molecule has 0 saturated carbocycles. The summed E-state index contributed by atoms with van der Waals surface area (Å²) in [6.07, 6.45) is 2.69. The van der Waals surface area contributed by atoms with Gasteiger partial charge >= 0.3 is 0 Å². The fourth-order valence-corrected chi connectivity index (χ4v) is 2.61. The van der Waals surface area contributed by atoms with Gasteiger partial charge in [0.05, 0.1) is 10.9 Å². The van der Waals surface area contributed by atoms with E-state index in [4.69, 9.17) is 5.73 Å². The van der Waals surface area contributed by atoms with Crippen molar-refractivity contribution in [1.29, 1.82) is 0 Å². The zero-order valence-electron chi connectivity index (χ0n) is 13.2. The number of carbonyl (C=O) groups is 1. The monoisotopic (exact) mass is 344 g/mol. The average Bonchev–Trinajstić information content (AvgIpc) is 2.58. The highest BCUT2D eigenvalue weighted by Gasteiger charge is 2.20. The third-order valence-corrected chi connectivity index (χ3v) is 3.83. The Balaban J connectivity index is 2.13. The topological polar surface area (TPSA) is 90.0 Å². The van der Waals surface area contributed by atoms with Gasteiger partial charge in [0.1, 0.15) is 17.2 Å². The van der Waals surface area contributed by atoms with Gasteiger partial charge in [-0.15, -0.1) is 0 Å². The molecule has 0 unspecified atom stereocenters. The summed E-state index contributed by atoms with van der Waals surface area (Å²) in [7, 11) is 1.45. The molecule has 0 aliphatic heterocycles. The molecule has 8 heteroatoms. The normalized spacial score (nSPS) is 10.8. The third kappa shape index (κ3) is 2.93. The second-order valence-corrected chi connectivity index (χ2v) is 5.46. The molecule has 2 aromatic heterocycles. The molecule has 2 heterocycles. The molecule has 25 heavy (non-hydrogen) atoms. The number of anilines is 1. The number of fused-ring (bicyclic) bond motifs is 1. The smallest absolute Gasteiger partial charge is 0.254 e. The predicted molar refractivity (Wildman–Crippen MR) is 89.2 cm³/mol. The second-order valence-electron chi connectivity index (χ2n) is 5.46. The van der Waals surface area contributed by atoms with E-state index in [0.29, 0.717) is 5.82 Å². The number of amides is 1. The number of pyridine rings is 2. The SMILES string of the molecule is Cn1cc(C(N)=O)c(=O)c2cc(F)c(CNc3ccccn3)c(F)c21. The largest absolute Gasteiger partial charge is 0.366 e. The van der Waals surface area contributed by atoms with Crippen molar-refractivity contribution in [2.75, 3.05) is 5.32 Å². The molecule has 0 bridgehead atoms. The van der Waals surface area contributed by atoms with Crippen molar-refractivity contribution >= 4 is 22.6 Å². The summed E-state index contributed by atoms with van der Waals surface area (Å²) in [5.74, 6) is -2.27. The van der Waals surface area contributed by atoms with Crippen molar-refractivity contribution in [2.45, 2.75) is 6.54 Å². The molecule has 0 fully saturated rings. The lowest BCUT2D eigenvalue weighted by molar-refractivity contribution is 0.0999. The fraction of sp³-hybridized carbons (Fsp3) is 0.118. The number of rotatable bonds is 4. The van der Waals surface area contributed by atoms with Crippen LogP contribution in [0.15, 0.2) is 41.5 Å². The quantitative estimate of drug-likeness (QED) is 0.757. The maximum atomic E-state index is 14.8. The van der Waals surface area contributed by atoms with Gasteiger partial charge < -0.3 is 15.6 Å².